The number of carbonyl (C=O) groups is 1. The summed E-state index contributed by atoms with van der Waals surface area (Å²) in [5.41, 5.74) is 1.86. The Kier molecular flexibility index (Phi) is 5.35. The minimum atomic E-state index is -3.90. The summed E-state index contributed by atoms with van der Waals surface area (Å²) in [6, 6.07) is 12.9. The molecule has 0 aliphatic carbocycles. The lowest BCUT2D eigenvalue weighted by Gasteiger charge is -2.34. The van der Waals surface area contributed by atoms with Crippen LogP contribution in [0.5, 0.6) is 5.75 Å². The van der Waals surface area contributed by atoms with Crippen LogP contribution < -0.4 is 10.1 Å². The van der Waals surface area contributed by atoms with Crippen molar-refractivity contribution in [1.29, 1.82) is 0 Å². The van der Waals surface area contributed by atoms with Crippen molar-refractivity contribution in [3.8, 4) is 5.75 Å². The predicted octanol–water partition coefficient (Wildman–Crippen LogP) is 2.91. The molecule has 0 fully saturated rings. The summed E-state index contributed by atoms with van der Waals surface area (Å²) in [6.45, 7) is 0.125. The third-order valence-corrected chi connectivity index (χ3v) is 7.39. The van der Waals surface area contributed by atoms with Crippen LogP contribution in [0.4, 0.5) is 5.13 Å². The average molecular weight is 430 g/mol. The van der Waals surface area contributed by atoms with E-state index >= 15 is 0 Å². The Morgan fingerprint density at radius 3 is 2.55 bits per heavy atom. The summed E-state index contributed by atoms with van der Waals surface area (Å²) >= 11 is 1.29. The number of methoxy groups -OCH3 is 1. The van der Waals surface area contributed by atoms with Crippen molar-refractivity contribution in [2.75, 3.05) is 12.4 Å². The lowest BCUT2D eigenvalue weighted by atomic mass is 9.95. The number of nitrogens with one attached hydrogen (secondary N) is 1. The maximum atomic E-state index is 13.4. The molecule has 3 aromatic rings. The lowest BCUT2D eigenvalue weighted by Crippen LogP contribution is -2.50. The second-order valence-corrected chi connectivity index (χ2v) is 9.33. The monoisotopic (exact) mass is 429 g/mol. The molecule has 1 amide bonds. The number of carbonyl (C=O) groups excluding carboxylic acids is 1. The molecule has 0 saturated carbocycles. The summed E-state index contributed by atoms with van der Waals surface area (Å²) in [5, 5.41) is 4.92. The van der Waals surface area contributed by atoms with Gasteiger partial charge in [0.25, 0.3) is 0 Å². The Labute approximate surface area is 173 Å². The second-order valence-electron chi connectivity index (χ2n) is 6.54. The zero-order valence-electron chi connectivity index (χ0n) is 15.6. The highest BCUT2D eigenvalue weighted by atomic mass is 32.2. The number of hydrogen-bond acceptors (Lipinski definition) is 6. The number of rotatable bonds is 5. The van der Waals surface area contributed by atoms with Crippen molar-refractivity contribution in [3.63, 3.8) is 0 Å². The quantitative estimate of drug-likeness (QED) is 0.674. The molecule has 1 atom stereocenters. The fourth-order valence-electron chi connectivity index (χ4n) is 3.33. The lowest BCUT2D eigenvalue weighted by molar-refractivity contribution is -0.120. The number of benzene rings is 2. The number of anilines is 1. The molecule has 1 N–H and O–H groups in total. The van der Waals surface area contributed by atoms with Crippen molar-refractivity contribution >= 4 is 32.4 Å². The number of hydrogen-bond donors (Lipinski definition) is 1. The Hall–Kier alpha value is -2.75. The Balaban J connectivity index is 1.71. The smallest absolute Gasteiger partial charge is 0.244 e. The number of thiazole rings is 1. The van der Waals surface area contributed by atoms with E-state index in [4.69, 9.17) is 4.74 Å². The Bertz CT molecular complexity index is 1110. The number of fused-ring (bicyclic) bond motifs is 1. The van der Waals surface area contributed by atoms with E-state index in [-0.39, 0.29) is 11.4 Å². The van der Waals surface area contributed by atoms with Crippen molar-refractivity contribution in [3.05, 3.63) is 71.2 Å². The van der Waals surface area contributed by atoms with Crippen LogP contribution in [0, 0.1) is 0 Å². The average Bonchev–Trinajstić information content (AvgIpc) is 3.25. The van der Waals surface area contributed by atoms with Crippen LogP contribution in [0.15, 0.2) is 65.0 Å². The third kappa shape index (κ3) is 3.89. The first-order valence-corrected chi connectivity index (χ1v) is 11.2. The molecule has 7 nitrogen and oxygen atoms in total. The van der Waals surface area contributed by atoms with Crippen LogP contribution in [-0.4, -0.2) is 36.8 Å². The van der Waals surface area contributed by atoms with E-state index in [0.29, 0.717) is 17.3 Å². The molecule has 1 aliphatic rings. The molecule has 1 aliphatic heterocycles. The predicted molar refractivity (Wildman–Crippen MR) is 110 cm³/mol. The summed E-state index contributed by atoms with van der Waals surface area (Å²) in [7, 11) is -2.38. The molecule has 0 spiro atoms. The molecule has 0 radical (unpaired) electrons. The topological polar surface area (TPSA) is 88.6 Å². The van der Waals surface area contributed by atoms with Gasteiger partial charge in [-0.2, -0.15) is 4.31 Å². The van der Waals surface area contributed by atoms with Crippen LogP contribution in [0.3, 0.4) is 0 Å². The number of amides is 1. The second kappa shape index (κ2) is 7.94. The highest BCUT2D eigenvalue weighted by molar-refractivity contribution is 7.89. The molecule has 150 valence electrons. The first kappa shape index (κ1) is 19.6. The molecule has 0 unspecified atom stereocenters. The van der Waals surface area contributed by atoms with Gasteiger partial charge < -0.3 is 10.1 Å². The van der Waals surface area contributed by atoms with E-state index in [0.717, 1.165) is 11.1 Å². The van der Waals surface area contributed by atoms with Gasteiger partial charge in [0.05, 0.1) is 12.0 Å². The highest BCUT2D eigenvalue weighted by Crippen LogP contribution is 2.30. The number of aromatic nitrogens is 1. The van der Waals surface area contributed by atoms with Crippen LogP contribution in [-0.2, 0) is 27.8 Å². The van der Waals surface area contributed by atoms with Gasteiger partial charge in [0.1, 0.15) is 11.8 Å². The summed E-state index contributed by atoms with van der Waals surface area (Å²) < 4.78 is 33.2. The Morgan fingerprint density at radius 1 is 1.17 bits per heavy atom. The van der Waals surface area contributed by atoms with Gasteiger partial charge in [-0.15, -0.1) is 11.3 Å². The minimum absolute atomic E-state index is 0.115. The first-order chi connectivity index (χ1) is 14.0. The number of nitrogens with zero attached hydrogens (tertiary/aromatic N) is 2. The van der Waals surface area contributed by atoms with Crippen LogP contribution in [0.1, 0.15) is 11.1 Å². The standard InChI is InChI=1S/C20H19N3O4S2/c1-27-16-6-8-17(9-7-16)29(25,26)23-13-15-5-3-2-4-14(15)12-18(23)19(24)22-20-21-10-11-28-20/h2-11,18H,12-13H2,1H3,(H,21,22,24)/t18-/m1/s1. The fraction of sp³-hybridized carbons (Fsp3) is 0.200. The number of ether oxygens (including phenoxy) is 1. The minimum Gasteiger partial charge on any atom is -0.497 e. The summed E-state index contributed by atoms with van der Waals surface area (Å²) in [5.74, 6) is 0.164. The molecular formula is C20H19N3O4S2. The van der Waals surface area contributed by atoms with Crippen molar-refractivity contribution in [1.82, 2.24) is 9.29 Å². The van der Waals surface area contributed by atoms with E-state index in [1.807, 2.05) is 24.3 Å². The normalized spacial score (nSPS) is 16.8. The third-order valence-electron chi connectivity index (χ3n) is 4.84. The van der Waals surface area contributed by atoms with Crippen LogP contribution >= 0.6 is 11.3 Å². The van der Waals surface area contributed by atoms with Crippen molar-refractivity contribution in [2.24, 2.45) is 0 Å². The van der Waals surface area contributed by atoms with Gasteiger partial charge in [0.15, 0.2) is 5.13 Å². The van der Waals surface area contributed by atoms with Gasteiger partial charge in [0.2, 0.25) is 15.9 Å². The molecule has 2 aromatic carbocycles. The van der Waals surface area contributed by atoms with Crippen molar-refractivity contribution < 1.29 is 17.9 Å². The van der Waals surface area contributed by atoms with Crippen LogP contribution in [0.25, 0.3) is 0 Å². The SMILES string of the molecule is COc1ccc(S(=O)(=O)N2Cc3ccccc3C[C@@H]2C(=O)Nc2nccs2)cc1. The molecule has 4 rings (SSSR count). The van der Waals surface area contributed by atoms with E-state index in [1.54, 1.807) is 23.7 Å². The maximum Gasteiger partial charge on any atom is 0.244 e. The van der Waals surface area contributed by atoms with Gasteiger partial charge in [-0.1, -0.05) is 24.3 Å². The molecule has 29 heavy (non-hydrogen) atoms. The van der Waals surface area contributed by atoms with Gasteiger partial charge in [-0.25, -0.2) is 13.4 Å². The number of sulfonamides is 1. The van der Waals surface area contributed by atoms with E-state index in [2.05, 4.69) is 10.3 Å². The zero-order chi connectivity index (χ0) is 20.4. The Morgan fingerprint density at radius 2 is 1.90 bits per heavy atom. The highest BCUT2D eigenvalue weighted by Gasteiger charge is 2.39. The molecule has 0 saturated heterocycles. The van der Waals surface area contributed by atoms with Gasteiger partial charge in [-0.05, 0) is 41.8 Å². The van der Waals surface area contributed by atoms with E-state index in [1.165, 1.54) is 34.9 Å². The first-order valence-electron chi connectivity index (χ1n) is 8.92. The zero-order valence-corrected chi connectivity index (χ0v) is 17.2. The summed E-state index contributed by atoms with van der Waals surface area (Å²) in [6.07, 6.45) is 1.88. The van der Waals surface area contributed by atoms with E-state index in [9.17, 15) is 13.2 Å². The van der Waals surface area contributed by atoms with Crippen LogP contribution in [0.2, 0.25) is 0 Å². The van der Waals surface area contributed by atoms with Gasteiger partial charge >= 0.3 is 0 Å². The van der Waals surface area contributed by atoms with Gasteiger partial charge in [0, 0.05) is 18.1 Å². The molecule has 9 heteroatoms. The van der Waals surface area contributed by atoms with Gasteiger partial charge in [-0.3, -0.25) is 4.79 Å². The summed E-state index contributed by atoms with van der Waals surface area (Å²) in [4.78, 5) is 17.2. The molecule has 2 heterocycles. The maximum absolute atomic E-state index is 13.4. The largest absolute Gasteiger partial charge is 0.497 e. The molecule has 1 aromatic heterocycles. The van der Waals surface area contributed by atoms with E-state index < -0.39 is 22.0 Å². The fourth-order valence-corrected chi connectivity index (χ4v) is 5.43. The van der Waals surface area contributed by atoms with Crippen molar-refractivity contribution in [2.45, 2.75) is 23.9 Å². The molecule has 0 bridgehead atoms. The molecular weight excluding hydrogens is 410 g/mol.